The van der Waals surface area contributed by atoms with Crippen molar-refractivity contribution < 1.29 is 14.0 Å². The van der Waals surface area contributed by atoms with Gasteiger partial charge in [-0.05, 0) is 52.3 Å². The number of halogens is 2. The number of hydrogen-bond donors (Lipinski definition) is 2. The minimum Gasteiger partial charge on any atom is -0.366 e. The monoisotopic (exact) mass is 368 g/mol. The molecule has 0 saturated carbocycles. The minimum atomic E-state index is -0.690. The van der Waals surface area contributed by atoms with Crippen molar-refractivity contribution in [3.63, 3.8) is 0 Å². The highest BCUT2D eigenvalue weighted by Gasteiger charge is 2.08. The summed E-state index contributed by atoms with van der Waals surface area (Å²) in [5.41, 5.74) is 5.14. The van der Waals surface area contributed by atoms with E-state index >= 15 is 0 Å². The average molecular weight is 369 g/mol. The van der Waals surface area contributed by atoms with Gasteiger partial charge in [-0.3, -0.25) is 9.59 Å². The fraction of sp³-hybridized carbons (Fsp3) is 0. The predicted molar refractivity (Wildman–Crippen MR) is 84.6 cm³/mol. The first kappa shape index (κ1) is 15.4. The van der Waals surface area contributed by atoms with E-state index in [-0.39, 0.29) is 11.3 Å². The molecule has 0 aliphatic carbocycles. The highest BCUT2D eigenvalue weighted by molar-refractivity contribution is 9.11. The summed E-state index contributed by atoms with van der Waals surface area (Å²) in [5, 5.41) is 2.37. The fourth-order valence-corrected chi connectivity index (χ4v) is 2.85. The fourth-order valence-electron chi connectivity index (χ4n) is 1.52. The Kier molecular flexibility index (Phi) is 4.87. The summed E-state index contributed by atoms with van der Waals surface area (Å²) >= 11 is 4.77. The third kappa shape index (κ3) is 4.24. The Morgan fingerprint density at radius 2 is 2.05 bits per heavy atom. The molecule has 1 aromatic carbocycles. The topological polar surface area (TPSA) is 72.2 Å². The molecule has 0 atom stereocenters. The highest BCUT2D eigenvalue weighted by atomic mass is 79.9. The van der Waals surface area contributed by atoms with Crippen molar-refractivity contribution in [2.45, 2.75) is 0 Å². The van der Waals surface area contributed by atoms with Crippen LogP contribution >= 0.6 is 27.3 Å². The lowest BCUT2D eigenvalue weighted by Gasteiger charge is -2.05. The Labute approximate surface area is 132 Å². The number of thiophene rings is 1. The molecular formula is C14H10BrFN2O2S. The smallest absolute Gasteiger partial charge is 0.248 e. The van der Waals surface area contributed by atoms with Crippen LogP contribution in [0.4, 0.5) is 10.1 Å². The van der Waals surface area contributed by atoms with Crippen LogP contribution in [-0.2, 0) is 4.79 Å². The summed E-state index contributed by atoms with van der Waals surface area (Å²) in [7, 11) is 0. The molecule has 0 spiro atoms. The number of carbonyl (C=O) groups excluding carboxylic acids is 2. The van der Waals surface area contributed by atoms with E-state index in [4.69, 9.17) is 5.73 Å². The van der Waals surface area contributed by atoms with Crippen molar-refractivity contribution in [1.29, 1.82) is 0 Å². The maximum atomic E-state index is 13.6. The van der Waals surface area contributed by atoms with E-state index in [0.717, 1.165) is 14.7 Å². The van der Waals surface area contributed by atoms with Gasteiger partial charge in [0.05, 0.1) is 9.47 Å². The Morgan fingerprint density at radius 1 is 1.29 bits per heavy atom. The Bertz CT molecular complexity index is 728. The Hall–Kier alpha value is -1.99. The van der Waals surface area contributed by atoms with Crippen molar-refractivity contribution in [2.24, 2.45) is 5.73 Å². The van der Waals surface area contributed by atoms with Gasteiger partial charge in [0.1, 0.15) is 5.82 Å². The molecule has 0 saturated heterocycles. The molecule has 0 radical (unpaired) electrons. The second kappa shape index (κ2) is 6.64. The van der Waals surface area contributed by atoms with Gasteiger partial charge in [0.2, 0.25) is 11.8 Å². The van der Waals surface area contributed by atoms with Crippen LogP contribution in [0.2, 0.25) is 0 Å². The van der Waals surface area contributed by atoms with E-state index in [9.17, 15) is 14.0 Å². The van der Waals surface area contributed by atoms with E-state index in [1.807, 2.05) is 12.1 Å². The number of nitrogens with two attached hydrogens (primary N) is 1. The van der Waals surface area contributed by atoms with Gasteiger partial charge in [0.25, 0.3) is 0 Å². The molecular weight excluding hydrogens is 359 g/mol. The number of carbonyl (C=O) groups is 2. The summed E-state index contributed by atoms with van der Waals surface area (Å²) in [6.45, 7) is 0. The van der Waals surface area contributed by atoms with Gasteiger partial charge in [-0.25, -0.2) is 4.39 Å². The van der Waals surface area contributed by atoms with Gasteiger partial charge in [0, 0.05) is 16.5 Å². The van der Waals surface area contributed by atoms with Gasteiger partial charge in [-0.2, -0.15) is 0 Å². The summed E-state index contributed by atoms with van der Waals surface area (Å²) in [6.07, 6.45) is 2.90. The lowest BCUT2D eigenvalue weighted by molar-refractivity contribution is -0.111. The molecule has 108 valence electrons. The largest absolute Gasteiger partial charge is 0.366 e. The van der Waals surface area contributed by atoms with Crippen LogP contribution in [0.3, 0.4) is 0 Å². The number of hydrogen-bond acceptors (Lipinski definition) is 3. The van der Waals surface area contributed by atoms with Crippen LogP contribution in [0.15, 0.2) is 40.2 Å². The summed E-state index contributed by atoms with van der Waals surface area (Å²) in [4.78, 5) is 23.6. The number of primary amides is 1. The van der Waals surface area contributed by atoms with Gasteiger partial charge >= 0.3 is 0 Å². The van der Waals surface area contributed by atoms with Gasteiger partial charge in [-0.1, -0.05) is 0 Å². The van der Waals surface area contributed by atoms with Crippen molar-refractivity contribution in [1.82, 2.24) is 0 Å². The maximum absolute atomic E-state index is 13.6. The van der Waals surface area contributed by atoms with Crippen molar-refractivity contribution >= 4 is 50.8 Å². The third-order valence-corrected chi connectivity index (χ3v) is 4.09. The first-order chi connectivity index (χ1) is 9.95. The zero-order valence-electron chi connectivity index (χ0n) is 10.6. The van der Waals surface area contributed by atoms with Gasteiger partial charge in [0.15, 0.2) is 0 Å². The SMILES string of the molecule is NC(=O)c1ccc(F)c(NC(=O)/C=C/c2ccc(Br)s2)c1. The molecule has 4 nitrogen and oxygen atoms in total. The summed E-state index contributed by atoms with van der Waals surface area (Å²) < 4.78 is 14.5. The van der Waals surface area contributed by atoms with E-state index in [0.29, 0.717) is 0 Å². The molecule has 21 heavy (non-hydrogen) atoms. The van der Waals surface area contributed by atoms with Crippen LogP contribution in [0.25, 0.3) is 6.08 Å². The van der Waals surface area contributed by atoms with Crippen LogP contribution in [0.1, 0.15) is 15.2 Å². The van der Waals surface area contributed by atoms with Crippen molar-refractivity contribution in [3.05, 3.63) is 56.5 Å². The normalized spacial score (nSPS) is 10.8. The molecule has 0 fully saturated rings. The molecule has 1 aromatic heterocycles. The van der Waals surface area contributed by atoms with Crippen LogP contribution in [0.5, 0.6) is 0 Å². The third-order valence-electron chi connectivity index (χ3n) is 2.50. The molecule has 2 amide bonds. The lowest BCUT2D eigenvalue weighted by Crippen LogP contribution is -2.14. The molecule has 3 N–H and O–H groups in total. The second-order valence-electron chi connectivity index (χ2n) is 4.02. The minimum absolute atomic E-state index is 0.0895. The second-order valence-corrected chi connectivity index (χ2v) is 6.52. The molecule has 1 heterocycles. The van der Waals surface area contributed by atoms with Crippen LogP contribution in [0, 0.1) is 5.82 Å². The van der Waals surface area contributed by atoms with E-state index in [2.05, 4.69) is 21.2 Å². The number of anilines is 1. The number of rotatable bonds is 4. The molecule has 2 aromatic rings. The van der Waals surface area contributed by atoms with Crippen LogP contribution < -0.4 is 11.1 Å². The zero-order valence-corrected chi connectivity index (χ0v) is 13.0. The Balaban J connectivity index is 2.10. The van der Waals surface area contributed by atoms with Crippen molar-refractivity contribution in [3.8, 4) is 0 Å². The molecule has 0 aliphatic heterocycles. The Morgan fingerprint density at radius 3 is 2.67 bits per heavy atom. The highest BCUT2D eigenvalue weighted by Crippen LogP contribution is 2.23. The standard InChI is InChI=1S/C14H10BrFN2O2S/c15-12-5-2-9(21-12)3-6-13(19)18-11-7-8(14(17)20)1-4-10(11)16/h1-7H,(H2,17,20)(H,18,19)/b6-3+. The van der Waals surface area contributed by atoms with E-state index in [1.165, 1.54) is 29.5 Å². The lowest BCUT2D eigenvalue weighted by atomic mass is 10.2. The number of nitrogens with one attached hydrogen (secondary N) is 1. The maximum Gasteiger partial charge on any atom is 0.248 e. The number of benzene rings is 1. The molecule has 0 aliphatic rings. The summed E-state index contributed by atoms with van der Waals surface area (Å²) in [6, 6.07) is 7.23. The zero-order chi connectivity index (χ0) is 15.4. The van der Waals surface area contributed by atoms with Crippen molar-refractivity contribution in [2.75, 3.05) is 5.32 Å². The van der Waals surface area contributed by atoms with E-state index < -0.39 is 17.6 Å². The quantitative estimate of drug-likeness (QED) is 0.811. The predicted octanol–water partition coefficient (Wildman–Crippen LogP) is 3.40. The molecule has 0 unspecified atom stereocenters. The molecule has 2 rings (SSSR count). The summed E-state index contributed by atoms with van der Waals surface area (Å²) in [5.74, 6) is -1.83. The first-order valence-corrected chi connectivity index (χ1v) is 7.40. The first-order valence-electron chi connectivity index (χ1n) is 5.79. The molecule has 0 bridgehead atoms. The van der Waals surface area contributed by atoms with E-state index in [1.54, 1.807) is 6.08 Å². The van der Waals surface area contributed by atoms with Gasteiger partial charge in [-0.15, -0.1) is 11.3 Å². The number of amides is 2. The molecule has 7 heteroatoms. The van der Waals surface area contributed by atoms with Crippen LogP contribution in [-0.4, -0.2) is 11.8 Å². The average Bonchev–Trinajstić information content (AvgIpc) is 2.84. The van der Waals surface area contributed by atoms with Gasteiger partial charge < -0.3 is 11.1 Å².